The van der Waals surface area contributed by atoms with E-state index in [9.17, 15) is 76.6 Å². The molecular formula is C54H94O23. The monoisotopic (exact) mass is 1110 g/mol. The lowest BCUT2D eigenvalue weighted by atomic mass is 9.36. The average molecular weight is 1110 g/mol. The molecule has 8 fully saturated rings. The molecule has 23 heteroatoms. The molecule has 0 aromatic heterocycles. The van der Waals surface area contributed by atoms with Crippen molar-refractivity contribution in [2.24, 2.45) is 51.2 Å². The Morgan fingerprint density at radius 3 is 1.75 bits per heavy atom. The van der Waals surface area contributed by atoms with Crippen molar-refractivity contribution in [1.29, 1.82) is 0 Å². The fraction of sp³-hybridized carbons (Fsp3) is 1.00. The van der Waals surface area contributed by atoms with Crippen molar-refractivity contribution in [3.63, 3.8) is 0 Å². The van der Waals surface area contributed by atoms with Crippen LogP contribution in [0.5, 0.6) is 0 Å². The second-order valence-electron chi connectivity index (χ2n) is 26.2. The highest BCUT2D eigenvalue weighted by Gasteiger charge is 2.71. The van der Waals surface area contributed by atoms with E-state index in [4.69, 9.17) is 37.9 Å². The third-order valence-electron chi connectivity index (χ3n) is 21.3. The standard InChI is InChI=1S/C54H94O23/c1-23(9-13-35(51(4,5)69)76-49-46(43(66)39(62)30(21-57)73-49)77-36-17-27(58)37(60)28(19-55)71-36)24-15-16-52(6)32-12-10-25-26(54(32,8)33(59)18-53(24,52)7)11-14-34(50(25,2)3)75-48-45(68)42(65)40(63)31(74-48)22-70-47-44(67)41(64)38(61)29(20-56)72-47/h23-49,55-69H,9-22H2,1-8H3/t23-,24?,25?,26?,27+,28+,29-,30-,31?,32-,33-,34+,35-,36?,37-,38-,39?,40-,41+,42+,43+,44-,45-,46-,47-,48?,49?,52+,53-,54+/m1/s1. The van der Waals surface area contributed by atoms with Crippen LogP contribution in [0.4, 0.5) is 0 Å². The van der Waals surface area contributed by atoms with Gasteiger partial charge in [0, 0.05) is 6.42 Å². The van der Waals surface area contributed by atoms with Crippen LogP contribution < -0.4 is 0 Å². The minimum absolute atomic E-state index is 0.0986. The lowest BCUT2D eigenvalue weighted by Crippen LogP contribution is -2.67. The van der Waals surface area contributed by atoms with Crippen LogP contribution in [0.3, 0.4) is 0 Å². The zero-order valence-corrected chi connectivity index (χ0v) is 46.0. The lowest BCUT2D eigenvalue weighted by molar-refractivity contribution is -0.362. The minimum atomic E-state index is -1.70. The summed E-state index contributed by atoms with van der Waals surface area (Å²) in [5.74, 6) is 0.692. The summed E-state index contributed by atoms with van der Waals surface area (Å²) in [7, 11) is 0. The van der Waals surface area contributed by atoms with Gasteiger partial charge in [0.15, 0.2) is 25.2 Å². The Hall–Kier alpha value is -0.920. The number of ether oxygens (including phenoxy) is 8. The van der Waals surface area contributed by atoms with Gasteiger partial charge in [-0.3, -0.25) is 0 Å². The van der Waals surface area contributed by atoms with Crippen molar-refractivity contribution in [3.05, 3.63) is 0 Å². The maximum absolute atomic E-state index is 12.8. The fourth-order valence-corrected chi connectivity index (χ4v) is 16.3. The van der Waals surface area contributed by atoms with Crippen molar-refractivity contribution < 1.29 is 114 Å². The van der Waals surface area contributed by atoms with Crippen LogP contribution in [0.15, 0.2) is 0 Å². The third kappa shape index (κ3) is 11.2. The van der Waals surface area contributed by atoms with Gasteiger partial charge in [0.1, 0.15) is 85.5 Å². The molecule has 0 amide bonds. The van der Waals surface area contributed by atoms with Crippen LogP contribution in [0.1, 0.15) is 120 Å². The van der Waals surface area contributed by atoms with E-state index < -0.39 is 178 Å². The summed E-state index contributed by atoms with van der Waals surface area (Å²) in [6.45, 7) is 14.3. The molecule has 23 nitrogen and oxygen atoms in total. The topological polar surface area (TPSA) is 377 Å². The Labute approximate surface area is 451 Å². The Morgan fingerprint density at radius 2 is 1.13 bits per heavy atom. The largest absolute Gasteiger partial charge is 0.394 e. The number of hydrogen-bond donors (Lipinski definition) is 15. The molecule has 448 valence electrons. The van der Waals surface area contributed by atoms with E-state index in [-0.39, 0.29) is 46.8 Å². The lowest BCUT2D eigenvalue weighted by Gasteiger charge is -2.69. The van der Waals surface area contributed by atoms with E-state index in [0.29, 0.717) is 25.7 Å². The van der Waals surface area contributed by atoms with Gasteiger partial charge in [-0.25, -0.2) is 0 Å². The third-order valence-corrected chi connectivity index (χ3v) is 21.3. The predicted octanol–water partition coefficient (Wildman–Crippen LogP) is -2.12. The molecule has 8 aliphatic rings. The van der Waals surface area contributed by atoms with Crippen molar-refractivity contribution in [2.75, 3.05) is 26.4 Å². The molecule has 77 heavy (non-hydrogen) atoms. The van der Waals surface area contributed by atoms with Crippen molar-refractivity contribution >= 4 is 0 Å². The molecule has 0 radical (unpaired) electrons. The predicted molar refractivity (Wildman–Crippen MR) is 266 cm³/mol. The summed E-state index contributed by atoms with van der Waals surface area (Å²) < 4.78 is 48.0. The molecule has 8 unspecified atom stereocenters. The van der Waals surface area contributed by atoms with Crippen molar-refractivity contribution in [1.82, 2.24) is 0 Å². The van der Waals surface area contributed by atoms with Gasteiger partial charge in [0.25, 0.3) is 0 Å². The second kappa shape index (κ2) is 23.6. The smallest absolute Gasteiger partial charge is 0.187 e. The Bertz CT molecular complexity index is 1930. The molecule has 0 aromatic carbocycles. The maximum atomic E-state index is 12.8. The van der Waals surface area contributed by atoms with Crippen LogP contribution >= 0.6 is 0 Å². The quantitative estimate of drug-likeness (QED) is 0.0692. The first-order chi connectivity index (χ1) is 36.0. The number of aliphatic hydroxyl groups is 15. The molecule has 0 spiro atoms. The summed E-state index contributed by atoms with van der Waals surface area (Å²) in [6, 6.07) is 0. The molecule has 15 N–H and O–H groups in total. The van der Waals surface area contributed by atoms with Crippen LogP contribution in [0.25, 0.3) is 0 Å². The first-order valence-corrected chi connectivity index (χ1v) is 28.2. The van der Waals surface area contributed by atoms with Gasteiger partial charge in [-0.05, 0) is 123 Å². The first-order valence-electron chi connectivity index (χ1n) is 28.2. The zero-order chi connectivity index (χ0) is 56.6. The molecule has 4 aliphatic carbocycles. The van der Waals surface area contributed by atoms with Gasteiger partial charge < -0.3 is 114 Å². The van der Waals surface area contributed by atoms with E-state index in [2.05, 4.69) is 41.5 Å². The SMILES string of the molecule is C[C@H](CC[C@@H](OC1O[C@H](CO)C(O)[C@H](O)[C@H]1OC1C[C@H](O)[C@@H](O)[C@H](CO)O1)C(C)(C)O)C1CC[C@@]2(C)[C@H]3CCC4C(CC[C@H](OC5OC(CO[C@@H]6O[C@H](CO)[C@@H](O)[C@H](O)[C@H]6O)[C@@H](O)[C@H](O)[C@H]5O)C4(C)C)[C@]3(C)[C@H](O)C[C@]12C. The van der Waals surface area contributed by atoms with Gasteiger partial charge in [-0.1, -0.05) is 41.5 Å². The highest BCUT2D eigenvalue weighted by Crippen LogP contribution is 2.76. The molecule has 0 bridgehead atoms. The molecule has 4 heterocycles. The molecule has 4 saturated heterocycles. The molecule has 8 rings (SSSR count). The highest BCUT2D eigenvalue weighted by atomic mass is 16.8. The normalized spacial score (nSPS) is 52.0. The maximum Gasteiger partial charge on any atom is 0.187 e. The molecule has 4 aliphatic heterocycles. The summed E-state index contributed by atoms with van der Waals surface area (Å²) in [6.07, 6.45) is -23.7. The summed E-state index contributed by atoms with van der Waals surface area (Å²) >= 11 is 0. The van der Waals surface area contributed by atoms with Crippen LogP contribution in [-0.2, 0) is 37.9 Å². The van der Waals surface area contributed by atoms with Crippen LogP contribution in [0.2, 0.25) is 0 Å². The van der Waals surface area contributed by atoms with E-state index in [1.165, 1.54) is 0 Å². The van der Waals surface area contributed by atoms with Crippen molar-refractivity contribution in [2.45, 2.75) is 260 Å². The van der Waals surface area contributed by atoms with Gasteiger partial charge >= 0.3 is 0 Å². The van der Waals surface area contributed by atoms with Gasteiger partial charge in [-0.2, -0.15) is 0 Å². The molecule has 30 atom stereocenters. The van der Waals surface area contributed by atoms with E-state index in [1.807, 2.05) is 0 Å². The average Bonchev–Trinajstić information content (AvgIpc) is 3.70. The Balaban J connectivity index is 0.920. The Morgan fingerprint density at radius 1 is 0.571 bits per heavy atom. The zero-order valence-electron chi connectivity index (χ0n) is 46.0. The summed E-state index contributed by atoms with van der Waals surface area (Å²) in [5, 5.41) is 161. The highest BCUT2D eigenvalue weighted by molar-refractivity contribution is 5.20. The first kappa shape index (κ1) is 62.1. The molecular weight excluding hydrogens is 1020 g/mol. The fourth-order valence-electron chi connectivity index (χ4n) is 16.3. The van der Waals surface area contributed by atoms with Gasteiger partial charge in [0.05, 0.1) is 56.4 Å². The van der Waals surface area contributed by atoms with E-state index in [0.717, 1.165) is 32.1 Å². The van der Waals surface area contributed by atoms with Crippen LogP contribution in [0, 0.1) is 51.2 Å². The van der Waals surface area contributed by atoms with Gasteiger partial charge in [-0.15, -0.1) is 0 Å². The number of fused-ring (bicyclic) bond motifs is 5. The van der Waals surface area contributed by atoms with Crippen molar-refractivity contribution in [3.8, 4) is 0 Å². The van der Waals surface area contributed by atoms with E-state index >= 15 is 0 Å². The minimum Gasteiger partial charge on any atom is -0.394 e. The number of hydrogen-bond acceptors (Lipinski definition) is 23. The number of aliphatic hydroxyl groups excluding tert-OH is 14. The van der Waals surface area contributed by atoms with Crippen LogP contribution in [-0.4, -0.2) is 244 Å². The molecule has 4 saturated carbocycles. The Kier molecular flexibility index (Phi) is 19.1. The molecule has 0 aromatic rings. The summed E-state index contributed by atoms with van der Waals surface area (Å²) in [4.78, 5) is 0. The summed E-state index contributed by atoms with van der Waals surface area (Å²) in [5.41, 5.74) is -2.81. The van der Waals surface area contributed by atoms with E-state index in [1.54, 1.807) is 13.8 Å². The number of rotatable bonds is 17. The van der Waals surface area contributed by atoms with Gasteiger partial charge in [0.2, 0.25) is 0 Å². The second-order valence-corrected chi connectivity index (χ2v) is 26.2.